The van der Waals surface area contributed by atoms with Gasteiger partial charge in [0.2, 0.25) is 0 Å². The Morgan fingerprint density at radius 2 is 2.38 bits per heavy atom. The molecular weight excluding hydrogens is 164 g/mol. The van der Waals surface area contributed by atoms with E-state index < -0.39 is 0 Å². The Kier molecular flexibility index (Phi) is 2.54. The summed E-state index contributed by atoms with van der Waals surface area (Å²) >= 11 is 0. The van der Waals surface area contributed by atoms with E-state index in [0.717, 1.165) is 24.5 Å². The lowest BCUT2D eigenvalue weighted by Crippen LogP contribution is -2.01. The van der Waals surface area contributed by atoms with E-state index in [4.69, 9.17) is 4.74 Å². The van der Waals surface area contributed by atoms with Gasteiger partial charge in [-0.3, -0.25) is 0 Å². The van der Waals surface area contributed by atoms with Crippen molar-refractivity contribution in [2.75, 3.05) is 13.7 Å². The number of rotatable bonds is 4. The Bertz CT molecular complexity index is 284. The minimum atomic E-state index is 0.641. The van der Waals surface area contributed by atoms with E-state index in [-0.39, 0.29) is 0 Å². The van der Waals surface area contributed by atoms with E-state index in [1.165, 1.54) is 12.8 Å². The quantitative estimate of drug-likeness (QED) is 0.701. The molecule has 1 heterocycles. The molecule has 0 atom stereocenters. The Morgan fingerprint density at radius 1 is 1.54 bits per heavy atom. The Balaban J connectivity index is 2.03. The average Bonchev–Trinajstić information content (AvgIpc) is 2.98. The Labute approximate surface area is 78.2 Å². The molecule has 0 aliphatic heterocycles. The standard InChI is InChI=1S/C10H14N2O/c1-13-7-5-9-4-6-11-10(12-9)8-2-3-8/h4,6,8H,2-3,5,7H2,1H3. The molecule has 1 saturated carbocycles. The molecule has 0 radical (unpaired) electrons. The smallest absolute Gasteiger partial charge is 0.131 e. The fourth-order valence-corrected chi connectivity index (χ4v) is 1.30. The van der Waals surface area contributed by atoms with Gasteiger partial charge in [-0.1, -0.05) is 0 Å². The van der Waals surface area contributed by atoms with Crippen LogP contribution in [0.2, 0.25) is 0 Å². The van der Waals surface area contributed by atoms with E-state index >= 15 is 0 Å². The summed E-state index contributed by atoms with van der Waals surface area (Å²) in [7, 11) is 1.71. The van der Waals surface area contributed by atoms with Gasteiger partial charge in [-0.05, 0) is 18.9 Å². The predicted octanol–water partition coefficient (Wildman–Crippen LogP) is 1.54. The molecule has 3 nitrogen and oxygen atoms in total. The van der Waals surface area contributed by atoms with Crippen LogP contribution in [0.1, 0.15) is 30.3 Å². The number of hydrogen-bond acceptors (Lipinski definition) is 3. The first-order valence-corrected chi connectivity index (χ1v) is 4.71. The molecule has 0 amide bonds. The molecule has 70 valence electrons. The van der Waals surface area contributed by atoms with Crippen LogP contribution in [-0.2, 0) is 11.2 Å². The van der Waals surface area contributed by atoms with Crippen LogP contribution in [0.25, 0.3) is 0 Å². The van der Waals surface area contributed by atoms with Crippen molar-refractivity contribution in [2.45, 2.75) is 25.2 Å². The first-order chi connectivity index (χ1) is 6.40. The number of aromatic nitrogens is 2. The molecule has 0 bridgehead atoms. The van der Waals surface area contributed by atoms with Gasteiger partial charge in [0.05, 0.1) is 6.61 Å². The first-order valence-electron chi connectivity index (χ1n) is 4.71. The SMILES string of the molecule is COCCc1ccnc(C2CC2)n1. The number of methoxy groups -OCH3 is 1. The van der Waals surface area contributed by atoms with E-state index in [2.05, 4.69) is 9.97 Å². The number of ether oxygens (including phenoxy) is 1. The van der Waals surface area contributed by atoms with Crippen molar-refractivity contribution in [3.8, 4) is 0 Å². The zero-order valence-corrected chi connectivity index (χ0v) is 7.86. The lowest BCUT2D eigenvalue weighted by Gasteiger charge is -2.01. The van der Waals surface area contributed by atoms with E-state index in [9.17, 15) is 0 Å². The average molecular weight is 178 g/mol. The van der Waals surface area contributed by atoms with Crippen molar-refractivity contribution in [3.05, 3.63) is 23.8 Å². The maximum Gasteiger partial charge on any atom is 0.131 e. The van der Waals surface area contributed by atoms with Gasteiger partial charge in [-0.2, -0.15) is 0 Å². The fourth-order valence-electron chi connectivity index (χ4n) is 1.30. The minimum absolute atomic E-state index is 0.641. The van der Waals surface area contributed by atoms with Crippen molar-refractivity contribution in [1.29, 1.82) is 0 Å². The van der Waals surface area contributed by atoms with Gasteiger partial charge in [-0.25, -0.2) is 9.97 Å². The molecule has 1 aromatic rings. The summed E-state index contributed by atoms with van der Waals surface area (Å²) in [6.45, 7) is 0.737. The molecular formula is C10H14N2O. The summed E-state index contributed by atoms with van der Waals surface area (Å²) in [5.74, 6) is 1.66. The van der Waals surface area contributed by atoms with Crippen LogP contribution in [0.5, 0.6) is 0 Å². The highest BCUT2D eigenvalue weighted by Crippen LogP contribution is 2.37. The molecule has 1 aliphatic carbocycles. The van der Waals surface area contributed by atoms with Crippen LogP contribution in [0, 0.1) is 0 Å². The highest BCUT2D eigenvalue weighted by Gasteiger charge is 2.26. The highest BCUT2D eigenvalue weighted by molar-refractivity contribution is 5.09. The van der Waals surface area contributed by atoms with Gasteiger partial charge in [0.25, 0.3) is 0 Å². The number of nitrogens with zero attached hydrogens (tertiary/aromatic N) is 2. The predicted molar refractivity (Wildman–Crippen MR) is 49.6 cm³/mol. The van der Waals surface area contributed by atoms with Gasteiger partial charge in [0, 0.05) is 31.3 Å². The zero-order chi connectivity index (χ0) is 9.10. The third-order valence-electron chi connectivity index (χ3n) is 2.24. The van der Waals surface area contributed by atoms with Crippen LogP contribution in [0.3, 0.4) is 0 Å². The van der Waals surface area contributed by atoms with E-state index in [1.807, 2.05) is 12.3 Å². The second kappa shape index (κ2) is 3.83. The summed E-state index contributed by atoms with van der Waals surface area (Å²) in [5, 5.41) is 0. The molecule has 1 fully saturated rings. The Hall–Kier alpha value is -0.960. The van der Waals surface area contributed by atoms with Crippen LogP contribution < -0.4 is 0 Å². The monoisotopic (exact) mass is 178 g/mol. The lowest BCUT2D eigenvalue weighted by molar-refractivity contribution is 0.201. The zero-order valence-electron chi connectivity index (χ0n) is 7.86. The van der Waals surface area contributed by atoms with Crippen molar-refractivity contribution in [3.63, 3.8) is 0 Å². The molecule has 1 aromatic heterocycles. The molecule has 3 heteroatoms. The maximum atomic E-state index is 5.00. The second-order valence-electron chi connectivity index (χ2n) is 3.42. The largest absolute Gasteiger partial charge is 0.384 e. The molecule has 0 aromatic carbocycles. The third-order valence-corrected chi connectivity index (χ3v) is 2.24. The molecule has 2 rings (SSSR count). The Morgan fingerprint density at radius 3 is 3.08 bits per heavy atom. The fraction of sp³-hybridized carbons (Fsp3) is 0.600. The lowest BCUT2D eigenvalue weighted by atomic mass is 10.3. The summed E-state index contributed by atoms with van der Waals surface area (Å²) < 4.78 is 5.00. The van der Waals surface area contributed by atoms with Gasteiger partial charge in [-0.15, -0.1) is 0 Å². The maximum absolute atomic E-state index is 5.00. The molecule has 0 spiro atoms. The first kappa shape index (κ1) is 8.63. The molecule has 1 aliphatic rings. The van der Waals surface area contributed by atoms with Gasteiger partial charge >= 0.3 is 0 Å². The minimum Gasteiger partial charge on any atom is -0.384 e. The molecule has 0 saturated heterocycles. The highest BCUT2D eigenvalue weighted by atomic mass is 16.5. The molecule has 0 unspecified atom stereocenters. The van der Waals surface area contributed by atoms with Gasteiger partial charge < -0.3 is 4.74 Å². The van der Waals surface area contributed by atoms with Crippen molar-refractivity contribution < 1.29 is 4.74 Å². The van der Waals surface area contributed by atoms with Crippen LogP contribution >= 0.6 is 0 Å². The summed E-state index contributed by atoms with van der Waals surface area (Å²) in [5.41, 5.74) is 1.10. The summed E-state index contributed by atoms with van der Waals surface area (Å²) in [6, 6.07) is 1.96. The van der Waals surface area contributed by atoms with Crippen molar-refractivity contribution in [2.24, 2.45) is 0 Å². The summed E-state index contributed by atoms with van der Waals surface area (Å²) in [6.07, 6.45) is 5.26. The van der Waals surface area contributed by atoms with Gasteiger partial charge in [0.15, 0.2) is 0 Å². The van der Waals surface area contributed by atoms with E-state index in [0.29, 0.717) is 5.92 Å². The third kappa shape index (κ3) is 2.25. The topological polar surface area (TPSA) is 35.0 Å². The van der Waals surface area contributed by atoms with Crippen LogP contribution in [-0.4, -0.2) is 23.7 Å². The summed E-state index contributed by atoms with van der Waals surface area (Å²) in [4.78, 5) is 8.74. The normalized spacial score (nSPS) is 16.1. The molecule has 13 heavy (non-hydrogen) atoms. The van der Waals surface area contributed by atoms with E-state index in [1.54, 1.807) is 7.11 Å². The van der Waals surface area contributed by atoms with Crippen LogP contribution in [0.4, 0.5) is 0 Å². The number of hydrogen-bond donors (Lipinski definition) is 0. The van der Waals surface area contributed by atoms with Gasteiger partial charge in [0.1, 0.15) is 5.82 Å². The van der Waals surface area contributed by atoms with Crippen molar-refractivity contribution in [1.82, 2.24) is 9.97 Å². The second-order valence-corrected chi connectivity index (χ2v) is 3.42. The molecule has 0 N–H and O–H groups in total. The van der Waals surface area contributed by atoms with Crippen LogP contribution in [0.15, 0.2) is 12.3 Å². The van der Waals surface area contributed by atoms with Crippen molar-refractivity contribution >= 4 is 0 Å².